The van der Waals surface area contributed by atoms with Crippen LogP contribution in [0, 0.1) is 12.3 Å². The molecule has 24 heavy (non-hydrogen) atoms. The summed E-state index contributed by atoms with van der Waals surface area (Å²) in [5.41, 5.74) is 2.11. The molecule has 5 nitrogen and oxygen atoms in total. The SMILES string of the molecule is C#Cc1cccc(NC(=O)Cc2cc(OC)c(OC)c(OC)c2)c1. The molecule has 0 atom stereocenters. The number of benzene rings is 2. The Balaban J connectivity index is 2.18. The van der Waals surface area contributed by atoms with Crippen molar-refractivity contribution in [1.29, 1.82) is 0 Å². The molecule has 0 spiro atoms. The van der Waals surface area contributed by atoms with Crippen LogP contribution in [0.25, 0.3) is 0 Å². The third-order valence-corrected chi connectivity index (χ3v) is 3.40. The van der Waals surface area contributed by atoms with Gasteiger partial charge in [0.1, 0.15) is 0 Å². The molecule has 0 aliphatic heterocycles. The molecule has 0 radical (unpaired) electrons. The van der Waals surface area contributed by atoms with Crippen LogP contribution in [0.2, 0.25) is 0 Å². The lowest BCUT2D eigenvalue weighted by Gasteiger charge is -2.14. The number of carbonyl (C=O) groups is 1. The second-order valence-corrected chi connectivity index (χ2v) is 4.98. The van der Waals surface area contributed by atoms with Crippen molar-refractivity contribution in [3.63, 3.8) is 0 Å². The van der Waals surface area contributed by atoms with Gasteiger partial charge < -0.3 is 19.5 Å². The van der Waals surface area contributed by atoms with E-state index in [0.29, 0.717) is 28.5 Å². The van der Waals surface area contributed by atoms with Crippen molar-refractivity contribution in [1.82, 2.24) is 0 Å². The molecule has 0 saturated carbocycles. The molecule has 0 bridgehead atoms. The smallest absolute Gasteiger partial charge is 0.228 e. The lowest BCUT2D eigenvalue weighted by atomic mass is 10.1. The summed E-state index contributed by atoms with van der Waals surface area (Å²) < 4.78 is 15.9. The van der Waals surface area contributed by atoms with Crippen molar-refractivity contribution in [3.05, 3.63) is 47.5 Å². The van der Waals surface area contributed by atoms with Crippen LogP contribution >= 0.6 is 0 Å². The van der Waals surface area contributed by atoms with Crippen molar-refractivity contribution in [2.75, 3.05) is 26.6 Å². The van der Waals surface area contributed by atoms with E-state index < -0.39 is 0 Å². The minimum absolute atomic E-state index is 0.164. The Bertz CT molecular complexity index is 752. The van der Waals surface area contributed by atoms with E-state index in [1.165, 1.54) is 21.3 Å². The highest BCUT2D eigenvalue weighted by atomic mass is 16.5. The monoisotopic (exact) mass is 325 g/mol. The Labute approximate surface area is 141 Å². The van der Waals surface area contributed by atoms with Gasteiger partial charge in [-0.1, -0.05) is 12.0 Å². The van der Waals surface area contributed by atoms with Gasteiger partial charge in [-0.2, -0.15) is 0 Å². The molecule has 0 fully saturated rings. The molecule has 0 unspecified atom stereocenters. The van der Waals surface area contributed by atoms with Gasteiger partial charge in [-0.15, -0.1) is 6.42 Å². The highest BCUT2D eigenvalue weighted by Crippen LogP contribution is 2.38. The second-order valence-electron chi connectivity index (χ2n) is 4.98. The van der Waals surface area contributed by atoms with Crippen molar-refractivity contribution in [3.8, 4) is 29.6 Å². The van der Waals surface area contributed by atoms with Gasteiger partial charge >= 0.3 is 0 Å². The van der Waals surface area contributed by atoms with E-state index in [1.54, 1.807) is 36.4 Å². The molecule has 1 N–H and O–H groups in total. The molecule has 124 valence electrons. The van der Waals surface area contributed by atoms with E-state index in [2.05, 4.69) is 11.2 Å². The molecule has 2 aromatic carbocycles. The number of amides is 1. The van der Waals surface area contributed by atoms with Crippen molar-refractivity contribution >= 4 is 11.6 Å². The summed E-state index contributed by atoms with van der Waals surface area (Å²) in [6.45, 7) is 0. The fraction of sp³-hybridized carbons (Fsp3) is 0.211. The predicted molar refractivity (Wildman–Crippen MR) is 92.8 cm³/mol. The van der Waals surface area contributed by atoms with Gasteiger partial charge in [0.2, 0.25) is 11.7 Å². The van der Waals surface area contributed by atoms with E-state index in [-0.39, 0.29) is 12.3 Å². The molecule has 5 heteroatoms. The van der Waals surface area contributed by atoms with Gasteiger partial charge in [-0.25, -0.2) is 0 Å². The number of hydrogen-bond acceptors (Lipinski definition) is 4. The topological polar surface area (TPSA) is 56.8 Å². The van der Waals surface area contributed by atoms with Crippen LogP contribution in [0.3, 0.4) is 0 Å². The summed E-state index contributed by atoms with van der Waals surface area (Å²) in [6, 6.07) is 10.6. The van der Waals surface area contributed by atoms with Gasteiger partial charge in [-0.3, -0.25) is 4.79 Å². The van der Waals surface area contributed by atoms with Gasteiger partial charge in [0.15, 0.2) is 11.5 Å². The molecular formula is C19H19NO4. The van der Waals surface area contributed by atoms with E-state index >= 15 is 0 Å². The molecular weight excluding hydrogens is 306 g/mol. The van der Waals surface area contributed by atoms with Crippen LogP contribution in [-0.4, -0.2) is 27.2 Å². The van der Waals surface area contributed by atoms with Crippen LogP contribution in [0.4, 0.5) is 5.69 Å². The van der Waals surface area contributed by atoms with Crippen LogP contribution in [0.1, 0.15) is 11.1 Å². The maximum Gasteiger partial charge on any atom is 0.228 e. The third kappa shape index (κ3) is 3.99. The summed E-state index contributed by atoms with van der Waals surface area (Å²) in [5, 5.41) is 2.82. The van der Waals surface area contributed by atoms with Gasteiger partial charge in [0.05, 0.1) is 27.8 Å². The van der Waals surface area contributed by atoms with E-state index in [9.17, 15) is 4.79 Å². The maximum absolute atomic E-state index is 12.3. The quantitative estimate of drug-likeness (QED) is 0.830. The molecule has 0 aliphatic rings. The second kappa shape index (κ2) is 7.93. The van der Waals surface area contributed by atoms with Gasteiger partial charge in [0, 0.05) is 11.3 Å². The molecule has 0 saturated heterocycles. The van der Waals surface area contributed by atoms with Gasteiger partial charge in [-0.05, 0) is 35.9 Å². The average molecular weight is 325 g/mol. The lowest BCUT2D eigenvalue weighted by molar-refractivity contribution is -0.115. The largest absolute Gasteiger partial charge is 0.493 e. The molecule has 1 amide bonds. The number of methoxy groups -OCH3 is 3. The first kappa shape index (κ1) is 17.2. The molecule has 2 rings (SSSR count). The van der Waals surface area contributed by atoms with Crippen molar-refractivity contribution in [2.45, 2.75) is 6.42 Å². The average Bonchev–Trinajstić information content (AvgIpc) is 2.60. The number of rotatable bonds is 6. The Kier molecular flexibility index (Phi) is 5.69. The molecule has 2 aromatic rings. The normalized spacial score (nSPS) is 9.75. The van der Waals surface area contributed by atoms with E-state index in [4.69, 9.17) is 20.6 Å². The van der Waals surface area contributed by atoms with Crippen molar-refractivity contribution in [2.24, 2.45) is 0 Å². The number of terminal acetylenes is 1. The number of carbonyl (C=O) groups excluding carboxylic acids is 1. The third-order valence-electron chi connectivity index (χ3n) is 3.40. The summed E-state index contributed by atoms with van der Waals surface area (Å²) >= 11 is 0. The number of ether oxygens (including phenoxy) is 3. The fourth-order valence-corrected chi connectivity index (χ4v) is 2.31. The minimum atomic E-state index is -0.168. The van der Waals surface area contributed by atoms with Crippen molar-refractivity contribution < 1.29 is 19.0 Å². The zero-order valence-corrected chi connectivity index (χ0v) is 13.9. The minimum Gasteiger partial charge on any atom is -0.493 e. The molecule has 0 aromatic heterocycles. The Hall–Kier alpha value is -3.13. The fourth-order valence-electron chi connectivity index (χ4n) is 2.31. The zero-order valence-electron chi connectivity index (χ0n) is 13.9. The van der Waals surface area contributed by atoms with Crippen LogP contribution < -0.4 is 19.5 Å². The summed E-state index contributed by atoms with van der Waals surface area (Å²) in [6.07, 6.45) is 5.53. The Morgan fingerprint density at radius 2 is 1.75 bits per heavy atom. The lowest BCUT2D eigenvalue weighted by Crippen LogP contribution is -2.14. The van der Waals surface area contributed by atoms with Gasteiger partial charge in [0.25, 0.3) is 0 Å². The summed E-state index contributed by atoms with van der Waals surface area (Å²) in [5.74, 6) is 3.87. The molecule has 0 aliphatic carbocycles. The first-order valence-corrected chi connectivity index (χ1v) is 7.26. The highest BCUT2D eigenvalue weighted by molar-refractivity contribution is 5.92. The van der Waals surface area contributed by atoms with Crippen LogP contribution in [-0.2, 0) is 11.2 Å². The van der Waals surface area contributed by atoms with Crippen LogP contribution in [0.15, 0.2) is 36.4 Å². The first-order chi connectivity index (χ1) is 11.6. The van der Waals surface area contributed by atoms with E-state index in [1.807, 2.05) is 0 Å². The van der Waals surface area contributed by atoms with Crippen LogP contribution in [0.5, 0.6) is 17.2 Å². The zero-order chi connectivity index (χ0) is 17.5. The Morgan fingerprint density at radius 3 is 2.29 bits per heavy atom. The number of anilines is 1. The number of nitrogens with one attached hydrogen (secondary N) is 1. The Morgan fingerprint density at radius 1 is 1.08 bits per heavy atom. The summed E-state index contributed by atoms with van der Waals surface area (Å²) in [4.78, 5) is 12.3. The standard InChI is InChI=1S/C19H19NO4/c1-5-13-7-6-8-15(9-13)20-18(21)12-14-10-16(22-2)19(24-4)17(11-14)23-3/h1,6-11H,12H2,2-4H3,(H,20,21). The number of hydrogen-bond donors (Lipinski definition) is 1. The summed E-state index contributed by atoms with van der Waals surface area (Å²) in [7, 11) is 4.60. The first-order valence-electron chi connectivity index (χ1n) is 7.26. The molecule has 0 heterocycles. The maximum atomic E-state index is 12.3. The highest BCUT2D eigenvalue weighted by Gasteiger charge is 2.15. The predicted octanol–water partition coefficient (Wildman–Crippen LogP) is 2.87. The van der Waals surface area contributed by atoms with E-state index in [0.717, 1.165) is 5.56 Å².